The molecular weight excluding hydrogens is 306 g/mol. The van der Waals surface area contributed by atoms with Crippen molar-refractivity contribution in [1.29, 1.82) is 0 Å². The lowest BCUT2D eigenvalue weighted by Crippen LogP contribution is -2.03. The molecule has 0 bridgehead atoms. The monoisotopic (exact) mass is 315 g/mol. The predicted octanol–water partition coefficient (Wildman–Crippen LogP) is 2.67. The van der Waals surface area contributed by atoms with Crippen LogP contribution in [0.3, 0.4) is 0 Å². The lowest BCUT2D eigenvalue weighted by molar-refractivity contribution is 0.851. The number of hydrogen-bond acceptors (Lipinski definition) is 4. The van der Waals surface area contributed by atoms with E-state index in [0.29, 0.717) is 11.6 Å². The zero-order chi connectivity index (χ0) is 13.2. The smallest absolute Gasteiger partial charge is 0.174 e. The Labute approximate surface area is 118 Å². The van der Waals surface area contributed by atoms with E-state index in [2.05, 4.69) is 31.0 Å². The van der Waals surface area contributed by atoms with Crippen LogP contribution in [-0.2, 0) is 0 Å². The van der Waals surface area contributed by atoms with Crippen molar-refractivity contribution in [2.75, 3.05) is 5.73 Å². The van der Waals surface area contributed by atoms with Gasteiger partial charge in [-0.15, -0.1) is 0 Å². The van der Waals surface area contributed by atoms with Gasteiger partial charge in [0.2, 0.25) is 0 Å². The van der Waals surface area contributed by atoms with Gasteiger partial charge in [0.15, 0.2) is 5.82 Å². The third kappa shape index (κ3) is 2.34. The van der Waals surface area contributed by atoms with E-state index in [4.69, 9.17) is 5.73 Å². The number of nitrogens with zero attached hydrogens (tertiary/aromatic N) is 4. The summed E-state index contributed by atoms with van der Waals surface area (Å²) in [7, 11) is 0. The molecule has 0 aliphatic carbocycles. The highest BCUT2D eigenvalue weighted by Crippen LogP contribution is 2.24. The summed E-state index contributed by atoms with van der Waals surface area (Å²) >= 11 is 3.44. The second kappa shape index (κ2) is 4.81. The van der Waals surface area contributed by atoms with Crippen LogP contribution in [0.15, 0.2) is 53.4 Å². The predicted molar refractivity (Wildman–Crippen MR) is 76.7 cm³/mol. The molecule has 0 radical (unpaired) electrons. The molecule has 0 spiro atoms. The molecule has 6 heteroatoms. The Morgan fingerprint density at radius 1 is 1.16 bits per heavy atom. The fraction of sp³-hybridized carbons (Fsp3) is 0. The van der Waals surface area contributed by atoms with Gasteiger partial charge in [0.25, 0.3) is 0 Å². The maximum absolute atomic E-state index is 5.97. The highest BCUT2D eigenvalue weighted by Gasteiger charge is 2.09. The summed E-state index contributed by atoms with van der Waals surface area (Å²) in [6, 6.07) is 9.70. The van der Waals surface area contributed by atoms with E-state index in [1.165, 1.54) is 0 Å². The SMILES string of the molecule is Nc1cc(-c2cccc(Br)c2)nn1-c1cnccn1. The average Bonchev–Trinajstić information content (AvgIpc) is 2.82. The van der Waals surface area contributed by atoms with Crippen LogP contribution in [0.5, 0.6) is 0 Å². The summed E-state index contributed by atoms with van der Waals surface area (Å²) < 4.78 is 2.57. The molecule has 5 nitrogen and oxygen atoms in total. The highest BCUT2D eigenvalue weighted by molar-refractivity contribution is 9.10. The summed E-state index contributed by atoms with van der Waals surface area (Å²) in [4.78, 5) is 8.19. The molecule has 0 amide bonds. The summed E-state index contributed by atoms with van der Waals surface area (Å²) in [6.45, 7) is 0. The Kier molecular flexibility index (Phi) is 3.00. The van der Waals surface area contributed by atoms with Gasteiger partial charge in [-0.1, -0.05) is 28.1 Å². The molecule has 2 N–H and O–H groups in total. The van der Waals surface area contributed by atoms with Gasteiger partial charge in [-0.05, 0) is 12.1 Å². The molecule has 0 aliphatic heterocycles. The molecule has 2 heterocycles. The van der Waals surface area contributed by atoms with Crippen molar-refractivity contribution in [3.8, 4) is 17.1 Å². The maximum atomic E-state index is 5.97. The van der Waals surface area contributed by atoms with Gasteiger partial charge in [-0.25, -0.2) is 4.98 Å². The van der Waals surface area contributed by atoms with E-state index < -0.39 is 0 Å². The van der Waals surface area contributed by atoms with Gasteiger partial charge < -0.3 is 5.73 Å². The fourth-order valence-corrected chi connectivity index (χ4v) is 2.17. The van der Waals surface area contributed by atoms with Crippen molar-refractivity contribution in [2.24, 2.45) is 0 Å². The molecule has 2 aromatic heterocycles. The second-order valence-electron chi connectivity index (χ2n) is 3.94. The molecule has 19 heavy (non-hydrogen) atoms. The fourth-order valence-electron chi connectivity index (χ4n) is 1.77. The zero-order valence-electron chi connectivity index (χ0n) is 9.86. The Morgan fingerprint density at radius 3 is 2.79 bits per heavy atom. The first-order chi connectivity index (χ1) is 9.24. The minimum Gasteiger partial charge on any atom is -0.384 e. The molecule has 0 aliphatic rings. The van der Waals surface area contributed by atoms with Crippen molar-refractivity contribution in [3.63, 3.8) is 0 Å². The lowest BCUT2D eigenvalue weighted by atomic mass is 10.2. The first-order valence-electron chi connectivity index (χ1n) is 5.62. The van der Waals surface area contributed by atoms with Crippen molar-refractivity contribution in [1.82, 2.24) is 19.7 Å². The van der Waals surface area contributed by atoms with Gasteiger partial charge in [-0.3, -0.25) is 4.98 Å². The largest absolute Gasteiger partial charge is 0.384 e. The first-order valence-corrected chi connectivity index (χ1v) is 6.41. The van der Waals surface area contributed by atoms with Crippen LogP contribution in [0.25, 0.3) is 17.1 Å². The summed E-state index contributed by atoms with van der Waals surface area (Å²) in [5.74, 6) is 1.12. The molecule has 0 unspecified atom stereocenters. The highest BCUT2D eigenvalue weighted by atomic mass is 79.9. The molecule has 0 saturated heterocycles. The van der Waals surface area contributed by atoms with Crippen LogP contribution in [-0.4, -0.2) is 19.7 Å². The van der Waals surface area contributed by atoms with Crippen LogP contribution in [0, 0.1) is 0 Å². The number of rotatable bonds is 2. The Morgan fingerprint density at radius 2 is 2.05 bits per heavy atom. The van der Waals surface area contributed by atoms with Gasteiger partial charge >= 0.3 is 0 Å². The van der Waals surface area contributed by atoms with Crippen LogP contribution >= 0.6 is 15.9 Å². The van der Waals surface area contributed by atoms with Crippen LogP contribution < -0.4 is 5.73 Å². The molecule has 3 rings (SSSR count). The number of aromatic nitrogens is 4. The van der Waals surface area contributed by atoms with Gasteiger partial charge in [0.05, 0.1) is 11.9 Å². The number of benzene rings is 1. The van der Waals surface area contributed by atoms with E-state index in [1.54, 1.807) is 23.3 Å². The van der Waals surface area contributed by atoms with E-state index in [9.17, 15) is 0 Å². The van der Waals surface area contributed by atoms with Crippen LogP contribution in [0.2, 0.25) is 0 Å². The normalized spacial score (nSPS) is 10.6. The third-order valence-electron chi connectivity index (χ3n) is 2.62. The second-order valence-corrected chi connectivity index (χ2v) is 4.86. The van der Waals surface area contributed by atoms with Crippen molar-refractivity contribution in [2.45, 2.75) is 0 Å². The van der Waals surface area contributed by atoms with E-state index >= 15 is 0 Å². The minimum absolute atomic E-state index is 0.524. The molecule has 94 valence electrons. The van der Waals surface area contributed by atoms with E-state index in [0.717, 1.165) is 15.7 Å². The Balaban J connectivity index is 2.07. The van der Waals surface area contributed by atoms with Gasteiger partial charge in [0, 0.05) is 28.5 Å². The zero-order valence-corrected chi connectivity index (χ0v) is 11.4. The van der Waals surface area contributed by atoms with Crippen LogP contribution in [0.4, 0.5) is 5.82 Å². The van der Waals surface area contributed by atoms with Crippen molar-refractivity contribution in [3.05, 3.63) is 53.4 Å². The average molecular weight is 316 g/mol. The molecule has 0 saturated carbocycles. The van der Waals surface area contributed by atoms with Crippen molar-refractivity contribution >= 4 is 21.7 Å². The summed E-state index contributed by atoms with van der Waals surface area (Å²) in [5, 5.41) is 4.46. The van der Waals surface area contributed by atoms with Gasteiger partial charge in [-0.2, -0.15) is 9.78 Å². The lowest BCUT2D eigenvalue weighted by Gasteiger charge is -2.00. The quantitative estimate of drug-likeness (QED) is 0.789. The number of halogens is 1. The number of hydrogen-bond donors (Lipinski definition) is 1. The Bertz CT molecular complexity index is 708. The molecule has 0 fully saturated rings. The van der Waals surface area contributed by atoms with Crippen LogP contribution in [0.1, 0.15) is 0 Å². The maximum Gasteiger partial charge on any atom is 0.174 e. The summed E-state index contributed by atoms with van der Waals surface area (Å²) in [6.07, 6.45) is 4.84. The Hall–Kier alpha value is -2.21. The summed E-state index contributed by atoms with van der Waals surface area (Å²) in [5.41, 5.74) is 7.76. The topological polar surface area (TPSA) is 69.6 Å². The number of nitrogens with two attached hydrogens (primary N) is 1. The number of anilines is 1. The minimum atomic E-state index is 0.524. The first kappa shape index (κ1) is 11.9. The number of nitrogen functional groups attached to an aromatic ring is 1. The van der Waals surface area contributed by atoms with E-state index in [1.807, 2.05) is 30.3 Å². The molecule has 0 atom stereocenters. The molecule has 3 aromatic rings. The van der Waals surface area contributed by atoms with Crippen molar-refractivity contribution < 1.29 is 0 Å². The third-order valence-corrected chi connectivity index (χ3v) is 3.12. The van der Waals surface area contributed by atoms with E-state index in [-0.39, 0.29) is 0 Å². The molecule has 1 aromatic carbocycles. The standard InChI is InChI=1S/C13H10BrN5/c14-10-3-1-2-9(6-10)11-7-12(15)19(18-11)13-8-16-4-5-17-13/h1-8H,15H2. The molecular formula is C13H10BrN5. The van der Waals surface area contributed by atoms with Gasteiger partial charge in [0.1, 0.15) is 5.82 Å².